The Morgan fingerprint density at radius 1 is 0.970 bits per heavy atom. The van der Waals surface area contributed by atoms with Gasteiger partial charge in [0.15, 0.2) is 0 Å². The Kier molecular flexibility index (Phi) is 13.4. The third kappa shape index (κ3) is 7.88. The van der Waals surface area contributed by atoms with E-state index in [1.807, 2.05) is 0 Å². The molecule has 4 unspecified atom stereocenters. The van der Waals surface area contributed by atoms with E-state index in [2.05, 4.69) is 83.0 Å². The van der Waals surface area contributed by atoms with Crippen molar-refractivity contribution in [1.29, 1.82) is 0 Å². The summed E-state index contributed by atoms with van der Waals surface area (Å²) in [6, 6.07) is 11.4. The van der Waals surface area contributed by atoms with Gasteiger partial charge in [0.2, 0.25) is 0 Å². The first kappa shape index (κ1) is 31.3. The average molecular weight is 480 g/mol. The summed E-state index contributed by atoms with van der Waals surface area (Å²) in [6.07, 6.45) is 15.4. The van der Waals surface area contributed by atoms with Crippen LogP contribution in [0.25, 0.3) is 0 Å². The van der Waals surface area contributed by atoms with E-state index in [1.165, 1.54) is 70.6 Å². The van der Waals surface area contributed by atoms with Gasteiger partial charge in [-0.1, -0.05) is 90.6 Å². The van der Waals surface area contributed by atoms with Gasteiger partial charge >= 0.3 is 29.6 Å². The molecular formula is C30H50NNaS. The van der Waals surface area contributed by atoms with Gasteiger partial charge in [-0.15, -0.1) is 0 Å². The molecule has 33 heavy (non-hydrogen) atoms. The van der Waals surface area contributed by atoms with E-state index in [0.29, 0.717) is 16.2 Å². The molecule has 1 nitrogen and oxygen atoms in total. The normalized spacial score (nSPS) is 32.8. The third-order valence-corrected chi connectivity index (χ3v) is 9.24. The van der Waals surface area contributed by atoms with Crippen molar-refractivity contribution in [1.82, 2.24) is 0 Å². The molecule has 0 heterocycles. The number of benzene rings is 1. The summed E-state index contributed by atoms with van der Waals surface area (Å²) < 4.78 is 0. The van der Waals surface area contributed by atoms with E-state index in [1.54, 1.807) is 5.56 Å². The van der Waals surface area contributed by atoms with Crippen LogP contribution in [0.3, 0.4) is 0 Å². The van der Waals surface area contributed by atoms with Crippen molar-refractivity contribution >= 4 is 18.1 Å². The Bertz CT molecular complexity index is 667. The van der Waals surface area contributed by atoms with Crippen molar-refractivity contribution < 1.29 is 29.6 Å². The fraction of sp³-hybridized carbons (Fsp3) is 0.767. The standard InChI is InChI=1S/C22H34.C7H15N.CHS.Na/c1-6-12-21(5)17(2)13-22(18-10-8-7-9-11-18)15-19(21)14-20(3,4)16-22;8-6-7-4-2-1-3-5-7;1-2;/h7-11,17,19H,6,12-16H2,1-5H3;7H,1-6,8H2;1H;/q;;-1;+1. The Morgan fingerprint density at radius 2 is 1.58 bits per heavy atom. The van der Waals surface area contributed by atoms with Crippen LogP contribution in [0.2, 0.25) is 0 Å². The smallest absolute Gasteiger partial charge is 0.442 e. The zero-order valence-electron chi connectivity index (χ0n) is 22.7. The minimum atomic E-state index is 0. The summed E-state index contributed by atoms with van der Waals surface area (Å²) in [5.74, 6) is 6.67. The first-order valence-electron chi connectivity index (χ1n) is 13.2. The van der Waals surface area contributed by atoms with Gasteiger partial charge in [0.25, 0.3) is 0 Å². The summed E-state index contributed by atoms with van der Waals surface area (Å²) in [5.41, 5.74) is 8.57. The van der Waals surface area contributed by atoms with Crippen molar-refractivity contribution in [3.8, 4) is 0 Å². The second-order valence-electron chi connectivity index (χ2n) is 12.2. The molecule has 0 aliphatic heterocycles. The maximum atomic E-state index is 5.50. The molecule has 3 fully saturated rings. The quantitative estimate of drug-likeness (QED) is 0.345. The van der Waals surface area contributed by atoms with E-state index in [9.17, 15) is 0 Å². The fourth-order valence-electron chi connectivity index (χ4n) is 7.66. The zero-order valence-corrected chi connectivity index (χ0v) is 25.5. The van der Waals surface area contributed by atoms with Crippen molar-refractivity contribution in [2.75, 3.05) is 6.54 Å². The van der Waals surface area contributed by atoms with Crippen LogP contribution in [0.4, 0.5) is 0 Å². The monoisotopic (exact) mass is 479 g/mol. The number of hydrogen-bond acceptors (Lipinski definition) is 2. The molecule has 0 radical (unpaired) electrons. The summed E-state index contributed by atoms with van der Waals surface area (Å²) in [6.45, 7) is 13.4. The molecule has 3 heteroatoms. The summed E-state index contributed by atoms with van der Waals surface area (Å²) in [4.78, 5) is 0. The van der Waals surface area contributed by atoms with Crippen LogP contribution >= 0.6 is 12.2 Å². The Balaban J connectivity index is 0.000000418. The van der Waals surface area contributed by atoms with E-state index in [4.69, 9.17) is 5.73 Å². The first-order valence-corrected chi connectivity index (χ1v) is 13.7. The minimum Gasteiger partial charge on any atom is -0.442 e. The SMILES string of the molecule is CCCC1(C)C(C)CC2(c3ccccc3)CC1CC(C)(C)C2.NCC1CCCCC1.[CH-]=S.[Na+]. The Labute approximate surface area is 233 Å². The van der Waals surface area contributed by atoms with E-state index in [0.717, 1.165) is 24.3 Å². The van der Waals surface area contributed by atoms with Gasteiger partial charge in [-0.25, -0.2) is 0 Å². The summed E-state index contributed by atoms with van der Waals surface area (Å²) in [5, 5.41) is 0. The van der Waals surface area contributed by atoms with Crippen LogP contribution in [0.15, 0.2) is 30.3 Å². The first-order chi connectivity index (χ1) is 15.2. The zero-order chi connectivity index (χ0) is 23.8. The van der Waals surface area contributed by atoms with Crippen LogP contribution in [0.5, 0.6) is 0 Å². The van der Waals surface area contributed by atoms with Gasteiger partial charge in [0.1, 0.15) is 0 Å². The van der Waals surface area contributed by atoms with E-state index in [-0.39, 0.29) is 29.6 Å². The van der Waals surface area contributed by atoms with Gasteiger partial charge in [-0.05, 0) is 91.1 Å². The summed E-state index contributed by atoms with van der Waals surface area (Å²) in [7, 11) is 0. The van der Waals surface area contributed by atoms with Crippen molar-refractivity contribution in [3.05, 3.63) is 35.9 Å². The second kappa shape index (κ2) is 14.1. The number of nitrogens with two attached hydrogens (primary N) is 1. The predicted molar refractivity (Wildman–Crippen MR) is 145 cm³/mol. The van der Waals surface area contributed by atoms with Gasteiger partial charge < -0.3 is 23.8 Å². The summed E-state index contributed by atoms with van der Waals surface area (Å²) >= 11 is 3.58. The molecule has 0 amide bonds. The van der Waals surface area contributed by atoms with Crippen LogP contribution in [0, 0.1) is 28.6 Å². The molecule has 4 atom stereocenters. The molecule has 2 bridgehead atoms. The number of hydrogen-bond donors (Lipinski definition) is 1. The molecule has 0 spiro atoms. The molecule has 1 aromatic rings. The van der Waals surface area contributed by atoms with Crippen LogP contribution in [0.1, 0.15) is 111 Å². The predicted octanol–water partition coefficient (Wildman–Crippen LogP) is 5.62. The largest absolute Gasteiger partial charge is 1.00 e. The van der Waals surface area contributed by atoms with Gasteiger partial charge in [0.05, 0.1) is 0 Å². The van der Waals surface area contributed by atoms with Crippen molar-refractivity contribution in [3.63, 3.8) is 0 Å². The second-order valence-corrected chi connectivity index (χ2v) is 12.2. The topological polar surface area (TPSA) is 26.0 Å². The molecular weight excluding hydrogens is 429 g/mol. The molecule has 3 aliphatic carbocycles. The van der Waals surface area contributed by atoms with Gasteiger partial charge in [0, 0.05) is 0 Å². The molecule has 3 saturated carbocycles. The fourth-order valence-corrected chi connectivity index (χ4v) is 7.66. The minimum absolute atomic E-state index is 0. The molecule has 1 aromatic carbocycles. The van der Waals surface area contributed by atoms with E-state index < -0.39 is 0 Å². The number of rotatable bonds is 4. The molecule has 3 aliphatic rings. The number of thiocarbonyl (C=S) groups is 1. The van der Waals surface area contributed by atoms with Gasteiger partial charge in [-0.2, -0.15) is 0 Å². The molecule has 2 N–H and O–H groups in total. The average Bonchev–Trinajstić information content (AvgIpc) is 2.80. The Morgan fingerprint density at radius 3 is 2.09 bits per heavy atom. The van der Waals surface area contributed by atoms with Crippen LogP contribution < -0.4 is 35.3 Å². The van der Waals surface area contributed by atoms with Crippen molar-refractivity contribution in [2.24, 2.45) is 34.3 Å². The Hall–Kier alpha value is 0.270. The van der Waals surface area contributed by atoms with Gasteiger partial charge in [-0.3, -0.25) is 0 Å². The number of fused-ring (bicyclic) bond motifs is 2. The van der Waals surface area contributed by atoms with Crippen molar-refractivity contribution in [2.45, 2.75) is 111 Å². The maximum Gasteiger partial charge on any atom is 1.00 e. The molecule has 0 saturated heterocycles. The molecule has 4 rings (SSSR count). The molecule has 182 valence electrons. The van der Waals surface area contributed by atoms with Crippen LogP contribution in [-0.4, -0.2) is 12.4 Å². The maximum absolute atomic E-state index is 5.50. The third-order valence-electron chi connectivity index (χ3n) is 9.24. The van der Waals surface area contributed by atoms with Crippen LogP contribution in [-0.2, 0) is 5.41 Å². The van der Waals surface area contributed by atoms with E-state index >= 15 is 0 Å². The molecule has 0 aromatic heterocycles.